The molecule has 1 aromatic rings. The van der Waals surface area contributed by atoms with Crippen molar-refractivity contribution in [2.75, 3.05) is 18.8 Å². The highest BCUT2D eigenvalue weighted by Crippen LogP contribution is 2.28. The van der Waals surface area contributed by atoms with Crippen LogP contribution in [0.4, 0.5) is 0 Å². The molecule has 0 saturated carbocycles. The van der Waals surface area contributed by atoms with Crippen molar-refractivity contribution >= 4 is 33.1 Å². The van der Waals surface area contributed by atoms with E-state index in [1.54, 1.807) is 10.4 Å². The quantitative estimate of drug-likeness (QED) is 0.898. The van der Waals surface area contributed by atoms with Crippen LogP contribution < -0.4 is 5.32 Å². The van der Waals surface area contributed by atoms with Crippen LogP contribution in [0.1, 0.15) is 25.6 Å². The summed E-state index contributed by atoms with van der Waals surface area (Å²) in [5, 5.41) is 5.53. The van der Waals surface area contributed by atoms with E-state index in [1.165, 1.54) is 11.3 Å². The number of rotatable bonds is 5. The van der Waals surface area contributed by atoms with Gasteiger partial charge < -0.3 is 5.32 Å². The van der Waals surface area contributed by atoms with Crippen LogP contribution in [0, 0.1) is 0 Å². The summed E-state index contributed by atoms with van der Waals surface area (Å²) < 4.78 is 27.1. The van der Waals surface area contributed by atoms with E-state index >= 15 is 0 Å². The second-order valence-electron chi connectivity index (χ2n) is 5.29. The molecule has 114 valence electrons. The molecular weight excluding hydrogens is 312 g/mol. The third-order valence-electron chi connectivity index (χ3n) is 3.20. The summed E-state index contributed by atoms with van der Waals surface area (Å²) in [6, 6.07) is 2.09. The lowest BCUT2D eigenvalue weighted by atomic mass is 10.4. The minimum absolute atomic E-state index is 0.346. The van der Waals surface area contributed by atoms with Gasteiger partial charge in [0.25, 0.3) is 0 Å². The molecule has 0 aromatic carbocycles. The first-order valence-electron chi connectivity index (χ1n) is 6.82. The van der Waals surface area contributed by atoms with Gasteiger partial charge in [0.05, 0.1) is 4.90 Å². The molecule has 1 atom stereocenters. The van der Waals surface area contributed by atoms with Gasteiger partial charge in [0.2, 0.25) is 10.0 Å². The van der Waals surface area contributed by atoms with Crippen molar-refractivity contribution in [2.45, 2.75) is 43.5 Å². The fourth-order valence-electron chi connectivity index (χ4n) is 2.13. The maximum absolute atomic E-state index is 12.8. The number of thioether (sulfide) groups is 1. The number of hydrogen-bond acceptors (Lipinski definition) is 5. The van der Waals surface area contributed by atoms with Crippen molar-refractivity contribution in [3.8, 4) is 0 Å². The van der Waals surface area contributed by atoms with Crippen LogP contribution >= 0.6 is 23.1 Å². The number of nitrogens with one attached hydrogen (secondary N) is 1. The zero-order valence-electron chi connectivity index (χ0n) is 12.1. The molecule has 0 bridgehead atoms. The molecule has 4 nitrogen and oxygen atoms in total. The maximum Gasteiger partial charge on any atom is 0.244 e. The van der Waals surface area contributed by atoms with Crippen LogP contribution in [0.15, 0.2) is 16.3 Å². The van der Waals surface area contributed by atoms with Gasteiger partial charge in [0.1, 0.15) is 0 Å². The van der Waals surface area contributed by atoms with Crippen LogP contribution in [0.2, 0.25) is 0 Å². The van der Waals surface area contributed by atoms with Crippen LogP contribution in [0.25, 0.3) is 0 Å². The van der Waals surface area contributed by atoms with Gasteiger partial charge in [-0.2, -0.15) is 16.1 Å². The molecule has 0 aliphatic carbocycles. The molecule has 0 amide bonds. The summed E-state index contributed by atoms with van der Waals surface area (Å²) in [6.07, 6.45) is 0. The zero-order valence-corrected chi connectivity index (χ0v) is 14.6. The van der Waals surface area contributed by atoms with Crippen molar-refractivity contribution in [3.63, 3.8) is 0 Å². The van der Waals surface area contributed by atoms with Crippen molar-refractivity contribution in [1.82, 2.24) is 9.62 Å². The minimum Gasteiger partial charge on any atom is -0.310 e. The monoisotopic (exact) mass is 334 g/mol. The Hall–Kier alpha value is -0.0800. The third kappa shape index (κ3) is 3.76. The molecule has 1 unspecified atom stereocenters. The van der Waals surface area contributed by atoms with E-state index < -0.39 is 10.0 Å². The largest absolute Gasteiger partial charge is 0.310 e. The molecule has 1 aromatic heterocycles. The molecule has 2 rings (SSSR count). The molecule has 7 heteroatoms. The van der Waals surface area contributed by atoms with E-state index in [0.717, 1.165) is 10.6 Å². The smallest absolute Gasteiger partial charge is 0.244 e. The molecule has 1 N–H and O–H groups in total. The Morgan fingerprint density at radius 3 is 2.90 bits per heavy atom. The fourth-order valence-corrected chi connectivity index (χ4v) is 6.25. The first-order valence-corrected chi connectivity index (χ1v) is 10.2. The Bertz CT molecular complexity index is 540. The van der Waals surface area contributed by atoms with Gasteiger partial charge in [-0.25, -0.2) is 8.42 Å². The summed E-state index contributed by atoms with van der Waals surface area (Å²) in [6.45, 7) is 8.05. The molecule has 1 aliphatic rings. The predicted molar refractivity (Wildman–Crippen MR) is 87.0 cm³/mol. The van der Waals surface area contributed by atoms with E-state index in [-0.39, 0.29) is 0 Å². The molecular formula is C13H22N2O2S3. The second kappa shape index (κ2) is 6.79. The summed E-state index contributed by atoms with van der Waals surface area (Å²) >= 11 is 3.35. The van der Waals surface area contributed by atoms with E-state index in [1.807, 2.05) is 17.1 Å². The minimum atomic E-state index is -3.34. The Labute approximate surface area is 130 Å². The highest BCUT2D eigenvalue weighted by Gasteiger charge is 2.31. The zero-order chi connectivity index (χ0) is 14.8. The Morgan fingerprint density at radius 2 is 2.25 bits per heavy atom. The molecule has 0 radical (unpaired) electrons. The van der Waals surface area contributed by atoms with Gasteiger partial charge in [-0.3, -0.25) is 0 Å². The second-order valence-corrected chi connectivity index (χ2v) is 9.74. The van der Waals surface area contributed by atoms with Crippen LogP contribution in [-0.2, 0) is 16.6 Å². The highest BCUT2D eigenvalue weighted by atomic mass is 32.2. The van der Waals surface area contributed by atoms with Gasteiger partial charge in [0.15, 0.2) is 0 Å². The van der Waals surface area contributed by atoms with Crippen molar-refractivity contribution < 1.29 is 8.42 Å². The summed E-state index contributed by atoms with van der Waals surface area (Å²) in [5.41, 5.74) is 0. The lowest BCUT2D eigenvalue weighted by molar-refractivity contribution is 0.423. The number of hydrogen-bond donors (Lipinski definition) is 1. The highest BCUT2D eigenvalue weighted by molar-refractivity contribution is 8.00. The van der Waals surface area contributed by atoms with Gasteiger partial charge in [-0.1, -0.05) is 20.8 Å². The molecule has 1 aliphatic heterocycles. The molecule has 1 saturated heterocycles. The predicted octanol–water partition coefficient (Wildman–Crippen LogP) is 2.37. The molecule has 1 fully saturated rings. The number of nitrogens with zero attached hydrogens (tertiary/aromatic N) is 1. The summed E-state index contributed by atoms with van der Waals surface area (Å²) in [5.74, 6) is 0.879. The van der Waals surface area contributed by atoms with Gasteiger partial charge >= 0.3 is 0 Å². The Morgan fingerprint density at radius 1 is 1.50 bits per heavy atom. The Kier molecular flexibility index (Phi) is 5.53. The van der Waals surface area contributed by atoms with Crippen molar-refractivity contribution in [3.05, 3.63) is 16.3 Å². The lowest BCUT2D eigenvalue weighted by Gasteiger charge is -2.29. The van der Waals surface area contributed by atoms with E-state index in [0.29, 0.717) is 35.8 Å². The first-order chi connectivity index (χ1) is 9.41. The first kappa shape index (κ1) is 16.3. The topological polar surface area (TPSA) is 49.4 Å². The van der Waals surface area contributed by atoms with Crippen LogP contribution in [-0.4, -0.2) is 42.9 Å². The fraction of sp³-hybridized carbons (Fsp3) is 0.692. The number of sulfonamides is 1. The van der Waals surface area contributed by atoms with Crippen molar-refractivity contribution in [2.24, 2.45) is 0 Å². The van der Waals surface area contributed by atoms with Crippen LogP contribution in [0.3, 0.4) is 0 Å². The van der Waals surface area contributed by atoms with Gasteiger partial charge in [-0.05, 0) is 11.4 Å². The maximum atomic E-state index is 12.8. The standard InChI is InChI=1S/C13H22N2O2S3/c1-10(2)14-8-12-13(4-6-19-12)20(16,17)15-5-7-18-11(3)9-15/h4,6,10-11,14H,5,7-9H2,1-3H3. The van der Waals surface area contributed by atoms with Crippen LogP contribution in [0.5, 0.6) is 0 Å². The van der Waals surface area contributed by atoms with E-state index in [2.05, 4.69) is 26.1 Å². The average molecular weight is 335 g/mol. The van der Waals surface area contributed by atoms with E-state index in [4.69, 9.17) is 0 Å². The molecule has 20 heavy (non-hydrogen) atoms. The van der Waals surface area contributed by atoms with Gasteiger partial charge in [-0.15, -0.1) is 11.3 Å². The third-order valence-corrected chi connectivity index (χ3v) is 7.33. The number of thiophene rings is 1. The summed E-state index contributed by atoms with van der Waals surface area (Å²) in [4.78, 5) is 1.39. The normalized spacial score (nSPS) is 21.5. The molecule has 0 spiro atoms. The summed E-state index contributed by atoms with van der Waals surface area (Å²) in [7, 11) is -3.34. The average Bonchev–Trinajstić information content (AvgIpc) is 2.85. The van der Waals surface area contributed by atoms with E-state index in [9.17, 15) is 8.42 Å². The molecule has 2 heterocycles. The SMILES string of the molecule is CC(C)NCc1sccc1S(=O)(=O)N1CCSC(C)C1. The Balaban J connectivity index is 2.19. The van der Waals surface area contributed by atoms with Crippen molar-refractivity contribution in [1.29, 1.82) is 0 Å². The van der Waals surface area contributed by atoms with Gasteiger partial charge in [0, 0.05) is 41.6 Å². The lowest BCUT2D eigenvalue weighted by Crippen LogP contribution is -2.41.